The van der Waals surface area contributed by atoms with E-state index in [4.69, 9.17) is 24.3 Å². The van der Waals surface area contributed by atoms with Gasteiger partial charge in [-0.05, 0) is 44.1 Å². The number of rotatable bonds is 33. The molecule has 0 spiro atoms. The molecule has 0 aromatic rings. The number of esters is 2. The molecule has 0 aliphatic heterocycles. The van der Waals surface area contributed by atoms with Crippen LogP contribution < -0.4 is 5.73 Å². The first-order chi connectivity index (χ1) is 24.6. The van der Waals surface area contributed by atoms with E-state index in [-0.39, 0.29) is 50.2 Å². The van der Waals surface area contributed by atoms with Gasteiger partial charge in [0.05, 0.1) is 19.3 Å². The minimum absolute atomic E-state index is 0.0208. The van der Waals surface area contributed by atoms with Crippen LogP contribution in [0.25, 0.3) is 0 Å². The monoisotopic (exact) mass is 741 g/mol. The molecule has 0 amide bonds. The fourth-order valence-corrected chi connectivity index (χ4v) is 6.51. The molecule has 0 bridgehead atoms. The van der Waals surface area contributed by atoms with Crippen LogP contribution in [0.1, 0.15) is 142 Å². The van der Waals surface area contributed by atoms with Crippen molar-refractivity contribution in [3.63, 3.8) is 0 Å². The number of hydrogen-bond donors (Lipinski definition) is 3. The van der Waals surface area contributed by atoms with Gasteiger partial charge in [-0.2, -0.15) is 0 Å². The number of phosphoric ester groups is 1. The summed E-state index contributed by atoms with van der Waals surface area (Å²) >= 11 is 0. The summed E-state index contributed by atoms with van der Waals surface area (Å²) in [6.45, 7) is 3.37. The third-order valence-corrected chi connectivity index (χ3v) is 9.76. The Kier molecular flexibility index (Phi) is 27.9. The lowest BCUT2D eigenvalue weighted by atomic mass is 9.90. The maximum absolute atomic E-state index is 12.6. The predicted octanol–water partition coefficient (Wildman–Crippen LogP) is 8.22. The number of aliphatic hydroxyl groups is 1. The highest BCUT2D eigenvalue weighted by Gasteiger charge is 2.27. The summed E-state index contributed by atoms with van der Waals surface area (Å²) in [6, 6.07) is 0. The van der Waals surface area contributed by atoms with Crippen LogP contribution >= 0.6 is 7.82 Å². The molecule has 0 heterocycles. The van der Waals surface area contributed by atoms with Gasteiger partial charge in [0.2, 0.25) is 0 Å². The molecule has 0 saturated carbocycles. The number of hydrogen-bond acceptors (Lipinski definition) is 10. The Morgan fingerprint density at radius 1 is 0.863 bits per heavy atom. The number of allylic oxidation sites excluding steroid dienone is 5. The lowest BCUT2D eigenvalue weighted by molar-refractivity contribution is -0.161. The van der Waals surface area contributed by atoms with Gasteiger partial charge < -0.3 is 25.2 Å². The molecule has 4 N–H and O–H groups in total. The van der Waals surface area contributed by atoms with E-state index < -0.39 is 38.6 Å². The molecule has 1 aliphatic rings. The number of nitrogens with two attached hydrogens (primary N) is 1. The summed E-state index contributed by atoms with van der Waals surface area (Å²) in [5, 5.41) is 10.2. The zero-order valence-electron chi connectivity index (χ0n) is 31.4. The van der Waals surface area contributed by atoms with E-state index in [9.17, 15) is 28.9 Å². The Morgan fingerprint density at radius 2 is 1.49 bits per heavy atom. The molecule has 51 heavy (non-hydrogen) atoms. The van der Waals surface area contributed by atoms with Gasteiger partial charge in [-0.3, -0.25) is 23.4 Å². The molecule has 12 heteroatoms. The van der Waals surface area contributed by atoms with Crippen molar-refractivity contribution in [1.29, 1.82) is 0 Å². The number of carbonyl (C=O) groups is 3. The minimum atomic E-state index is -4.43. The van der Waals surface area contributed by atoms with Crippen LogP contribution in [0.15, 0.2) is 36.5 Å². The number of ether oxygens (including phenoxy) is 2. The van der Waals surface area contributed by atoms with E-state index in [0.29, 0.717) is 32.1 Å². The Bertz CT molecular complexity index is 1080. The third kappa shape index (κ3) is 25.5. The summed E-state index contributed by atoms with van der Waals surface area (Å²) in [6.07, 6.45) is 28.1. The summed E-state index contributed by atoms with van der Waals surface area (Å²) in [5.74, 6) is -1.21. The summed E-state index contributed by atoms with van der Waals surface area (Å²) < 4.78 is 32.6. The van der Waals surface area contributed by atoms with E-state index in [1.165, 1.54) is 44.9 Å². The molecule has 0 aromatic heterocycles. The van der Waals surface area contributed by atoms with Crippen molar-refractivity contribution in [2.24, 2.45) is 17.6 Å². The Balaban J connectivity index is 2.44. The molecule has 0 saturated heterocycles. The van der Waals surface area contributed by atoms with Crippen molar-refractivity contribution in [3.8, 4) is 0 Å². The molecule has 0 fully saturated rings. The number of ketones is 1. The topological polar surface area (TPSA) is 172 Å². The maximum Gasteiger partial charge on any atom is 0.472 e. The van der Waals surface area contributed by atoms with Gasteiger partial charge >= 0.3 is 19.8 Å². The first-order valence-corrected chi connectivity index (χ1v) is 21.0. The smallest absolute Gasteiger partial charge is 0.462 e. The van der Waals surface area contributed by atoms with Crippen molar-refractivity contribution in [3.05, 3.63) is 36.5 Å². The van der Waals surface area contributed by atoms with Crippen molar-refractivity contribution in [2.45, 2.75) is 154 Å². The molecular formula is C39H68NO10P. The lowest BCUT2D eigenvalue weighted by Crippen LogP contribution is -2.29. The summed E-state index contributed by atoms with van der Waals surface area (Å²) in [5.41, 5.74) is 5.33. The fourth-order valence-electron chi connectivity index (χ4n) is 5.74. The largest absolute Gasteiger partial charge is 0.472 e. The first kappa shape index (κ1) is 46.9. The lowest BCUT2D eigenvalue weighted by Gasteiger charge is -2.19. The molecule has 11 nitrogen and oxygen atoms in total. The highest BCUT2D eigenvalue weighted by molar-refractivity contribution is 7.47. The average Bonchev–Trinajstić information content (AvgIpc) is 3.46. The Morgan fingerprint density at radius 3 is 2.16 bits per heavy atom. The third-order valence-electron chi connectivity index (χ3n) is 8.78. The van der Waals surface area contributed by atoms with Crippen molar-refractivity contribution in [1.82, 2.24) is 0 Å². The average molecular weight is 742 g/mol. The normalized spacial score (nSPS) is 18.4. The zero-order valence-corrected chi connectivity index (χ0v) is 32.3. The predicted molar refractivity (Wildman–Crippen MR) is 201 cm³/mol. The van der Waals surface area contributed by atoms with E-state index in [2.05, 4.69) is 13.8 Å². The van der Waals surface area contributed by atoms with Gasteiger partial charge in [-0.25, -0.2) is 4.57 Å². The van der Waals surface area contributed by atoms with Gasteiger partial charge in [0.1, 0.15) is 6.61 Å². The fraction of sp³-hybridized carbons (Fsp3) is 0.769. The van der Waals surface area contributed by atoms with Crippen molar-refractivity contribution < 1.29 is 47.5 Å². The molecule has 0 radical (unpaired) electrons. The summed E-state index contributed by atoms with van der Waals surface area (Å²) in [7, 11) is -4.43. The van der Waals surface area contributed by atoms with E-state index >= 15 is 0 Å². The highest BCUT2D eigenvalue weighted by atomic mass is 31.2. The minimum Gasteiger partial charge on any atom is -0.462 e. The first-order valence-electron chi connectivity index (χ1n) is 19.5. The SMILES string of the molecule is CCCCCCCCCCCCCC(=O)OC[C@H](COP(=O)(O)OCCN)OC(=O)CCC/C=C\C[C@H]1C=CC(=O)[C@@H]1/C=C/[C@@H](O)CCCCC. The summed E-state index contributed by atoms with van der Waals surface area (Å²) in [4.78, 5) is 47.2. The van der Waals surface area contributed by atoms with Gasteiger partial charge in [0.25, 0.3) is 0 Å². The van der Waals surface area contributed by atoms with Gasteiger partial charge in [0.15, 0.2) is 11.9 Å². The van der Waals surface area contributed by atoms with Crippen LogP contribution in [0, 0.1) is 11.8 Å². The van der Waals surface area contributed by atoms with Crippen LogP contribution in [0.2, 0.25) is 0 Å². The van der Waals surface area contributed by atoms with E-state index in [1.807, 2.05) is 24.3 Å². The van der Waals surface area contributed by atoms with Crippen molar-refractivity contribution in [2.75, 3.05) is 26.4 Å². The number of carbonyl (C=O) groups excluding carboxylic acids is 3. The molecule has 1 unspecified atom stereocenters. The molecule has 0 aromatic carbocycles. The van der Waals surface area contributed by atoms with E-state index in [0.717, 1.165) is 38.5 Å². The molecule has 5 atom stereocenters. The number of unbranched alkanes of at least 4 members (excludes halogenated alkanes) is 13. The highest BCUT2D eigenvalue weighted by Crippen LogP contribution is 2.43. The van der Waals surface area contributed by atoms with Crippen LogP contribution in [0.5, 0.6) is 0 Å². The van der Waals surface area contributed by atoms with Crippen LogP contribution in [-0.2, 0) is 37.5 Å². The van der Waals surface area contributed by atoms with Gasteiger partial charge in [0, 0.05) is 25.3 Å². The van der Waals surface area contributed by atoms with Gasteiger partial charge in [-0.1, -0.05) is 128 Å². The second-order valence-corrected chi connectivity index (χ2v) is 14.9. The Labute approximate surface area is 307 Å². The van der Waals surface area contributed by atoms with E-state index in [1.54, 1.807) is 12.2 Å². The zero-order chi connectivity index (χ0) is 37.6. The molecule has 294 valence electrons. The molecule has 1 aliphatic carbocycles. The maximum atomic E-state index is 12.6. The van der Waals surface area contributed by atoms with Crippen LogP contribution in [0.3, 0.4) is 0 Å². The van der Waals surface area contributed by atoms with Crippen LogP contribution in [-0.4, -0.2) is 66.3 Å². The quantitative estimate of drug-likeness (QED) is 0.0256. The standard InChI is InChI=1S/C39H68NO10P/c1-3-5-7-8-9-10-11-12-13-14-19-23-38(43)47-31-35(32-49-51(45,46)48-30-29-40)50-39(44)24-20-16-15-18-21-33-25-28-37(42)36(33)27-26-34(41)22-17-6-4-2/h15,18,25-28,33-36,41H,3-14,16-17,19-24,29-32,40H2,1-2H3,(H,45,46)/b18-15-,27-26+/t33-,34-,35+,36+/m0/s1. The van der Waals surface area contributed by atoms with Crippen molar-refractivity contribution >= 4 is 25.5 Å². The second kappa shape index (κ2) is 30.3. The number of phosphoric acid groups is 1. The number of aliphatic hydroxyl groups excluding tert-OH is 1. The van der Waals surface area contributed by atoms with Gasteiger partial charge in [-0.15, -0.1) is 0 Å². The second-order valence-electron chi connectivity index (χ2n) is 13.5. The molecular weight excluding hydrogens is 673 g/mol. The Hall–Kier alpha value is -2.14. The molecule has 1 rings (SSSR count). The van der Waals surface area contributed by atoms with Crippen LogP contribution in [0.4, 0.5) is 0 Å².